The van der Waals surface area contributed by atoms with Gasteiger partial charge in [0.2, 0.25) is 0 Å². The molecule has 7 aliphatic heterocycles. The average Bonchev–Trinajstić information content (AvgIpc) is 1.59. The van der Waals surface area contributed by atoms with Crippen molar-refractivity contribution >= 4 is 0 Å². The quantitative estimate of drug-likeness (QED) is 0.0719. The molecule has 0 unspecified atom stereocenters. The first-order valence-electron chi connectivity index (χ1n) is 30.5. The average molecular weight is 1230 g/mol. The summed E-state index contributed by atoms with van der Waals surface area (Å²) in [4.78, 5) is 0. The van der Waals surface area contributed by atoms with Crippen LogP contribution < -0.4 is 0 Å². The molecule has 0 aromatic heterocycles. The molecule has 11 aliphatic rings. The van der Waals surface area contributed by atoms with Gasteiger partial charge in [-0.1, -0.05) is 27.7 Å². The summed E-state index contributed by atoms with van der Waals surface area (Å²) in [7, 11) is 0. The van der Waals surface area contributed by atoms with Crippen LogP contribution in [0.5, 0.6) is 0 Å². The lowest BCUT2D eigenvalue weighted by Crippen LogP contribution is -2.69. The fourth-order valence-corrected chi connectivity index (χ4v) is 17.4. The van der Waals surface area contributed by atoms with Crippen molar-refractivity contribution < 1.29 is 144 Å². The van der Waals surface area contributed by atoms with E-state index in [0.717, 1.165) is 38.5 Å². The van der Waals surface area contributed by atoms with Crippen molar-refractivity contribution in [1.82, 2.24) is 0 Å². The van der Waals surface area contributed by atoms with Crippen molar-refractivity contribution in [2.45, 2.75) is 257 Å². The molecule has 0 bridgehead atoms. The molecule has 11 fully saturated rings. The van der Waals surface area contributed by atoms with Crippen molar-refractivity contribution in [3.63, 3.8) is 0 Å². The summed E-state index contributed by atoms with van der Waals surface area (Å²) in [5, 5.41) is 188. The topological polar surface area (TPSA) is 455 Å². The highest BCUT2D eigenvalue weighted by Gasteiger charge is 2.73. The number of ether oxygens (including phenoxy) is 12. The Bertz CT molecular complexity index is 2220. The Hall–Kier alpha value is -1.16. The normalized spacial score (nSPS) is 58.1. The Morgan fingerprint density at radius 1 is 0.447 bits per heavy atom. The molecular weight excluding hydrogens is 1140 g/mol. The van der Waals surface area contributed by atoms with Crippen LogP contribution in [0.15, 0.2) is 0 Å². The predicted octanol–water partition coefficient (Wildman–Crippen LogP) is -6.50. The molecule has 7 saturated heterocycles. The third kappa shape index (κ3) is 11.3. The smallest absolute Gasteiger partial charge is 0.187 e. The fraction of sp³-hybridized carbons (Fsp3) is 1.00. The minimum atomic E-state index is -2.21. The zero-order valence-corrected chi connectivity index (χ0v) is 48.1. The molecule has 17 N–H and O–H groups in total. The van der Waals surface area contributed by atoms with E-state index in [1.807, 2.05) is 0 Å². The first-order valence-corrected chi connectivity index (χ1v) is 30.5. The van der Waals surface area contributed by atoms with Crippen LogP contribution in [0.1, 0.15) is 79.1 Å². The molecule has 0 aromatic carbocycles. The molecule has 29 heteroatoms. The largest absolute Gasteiger partial charge is 0.394 e. The third-order valence-corrected chi connectivity index (χ3v) is 22.2. The molecule has 0 aromatic rings. The zero-order chi connectivity index (χ0) is 61.1. The number of rotatable bonds is 14. The van der Waals surface area contributed by atoms with Gasteiger partial charge in [-0.05, 0) is 85.4 Å². The van der Waals surface area contributed by atoms with Gasteiger partial charge >= 0.3 is 0 Å². The summed E-state index contributed by atoms with van der Waals surface area (Å²) < 4.78 is 72.8. The van der Waals surface area contributed by atoms with Crippen LogP contribution in [0.25, 0.3) is 0 Å². The van der Waals surface area contributed by atoms with Gasteiger partial charge in [0.05, 0.1) is 64.1 Å². The SMILES string of the molecule is C[C@@H]1CC[C@@]2(OC1)O[C@H]1[C@@H](O)[C@H]3[C@@H]4CC[C@H]5C[C@@H](O[C@@H]6O[C@H](CO)[C@@H](O[C@@H]7O[C@H](CO)[C@@H](O)[C@H](O[C@@H]8OC[C@@H](O)[C@@H](O)[C@H]8O)[C@H]7O[C@@H]7O[C@H](CO)[C@@H](O)[C@H](O[C@@H]8O[C@H](CO)[C@H](O)[C@H](O)[C@H]8O)[C@H]7O)[C@H](O)[C@H]6O)[C@H](O)C[C@]5(C)[C@H]4CC[C@]3(C)[C@H]1[C@@H]2C. The summed E-state index contributed by atoms with van der Waals surface area (Å²) in [5.41, 5.74) is -0.531. The Labute approximate surface area is 491 Å². The molecule has 7 heterocycles. The lowest BCUT2D eigenvalue weighted by atomic mass is 9.44. The minimum Gasteiger partial charge on any atom is -0.394 e. The number of fused-ring (bicyclic) bond motifs is 7. The first-order chi connectivity index (χ1) is 40.3. The maximum Gasteiger partial charge on any atom is 0.187 e. The summed E-state index contributed by atoms with van der Waals surface area (Å²) >= 11 is 0. The van der Waals surface area contributed by atoms with Gasteiger partial charge in [-0.15, -0.1) is 0 Å². The van der Waals surface area contributed by atoms with Crippen molar-refractivity contribution in [3.05, 3.63) is 0 Å². The molecule has 29 nitrogen and oxygen atoms in total. The summed E-state index contributed by atoms with van der Waals surface area (Å²) in [6.07, 6.45) is -42.5. The second-order valence-electron chi connectivity index (χ2n) is 26.9. The fourth-order valence-electron chi connectivity index (χ4n) is 17.4. The Balaban J connectivity index is 0.797. The molecule has 11 rings (SSSR count). The Morgan fingerprint density at radius 3 is 1.67 bits per heavy atom. The maximum atomic E-state index is 12.3. The van der Waals surface area contributed by atoms with Crippen LogP contribution in [-0.4, -0.2) is 304 Å². The standard InChI is InChI=1S/C56H92O29/c1-19-7-10-56(75-17-19)20(2)31-45(85-56)37(67)32-22-6-5-21-11-26(24(61)12-55(21,4)23(22)8-9-54(31,32)3)76-50-42(72)39(69)44(30(16-60)80-50)81-53-48(47(36(66)29(15-59)79-53)83-49-40(70)33(63)25(62)18-74-49)84-52-43(73)46(35(65)28(14-58)78-52)82-51-41(71)38(68)34(64)27(13-57)77-51/h19-53,57-73H,5-18H2,1-4H3/t19-,20+,21+,22-,23+,24-,25-,26-,27-,28-,29-,30-,31+,32-,33-,34+,35-,36-,37+,38+,39-,40-,41-,42-,43-,44-,45-,46+,47+,48-,49+,50-,51+,52+,53+,54-,55+,56-/m1/s1. The van der Waals surface area contributed by atoms with Gasteiger partial charge in [-0.3, -0.25) is 0 Å². The van der Waals surface area contributed by atoms with Crippen LogP contribution >= 0.6 is 0 Å². The van der Waals surface area contributed by atoms with E-state index in [0.29, 0.717) is 25.4 Å². The van der Waals surface area contributed by atoms with E-state index in [1.54, 1.807) is 0 Å². The highest BCUT2D eigenvalue weighted by molar-refractivity contribution is 5.19. The monoisotopic (exact) mass is 1230 g/mol. The van der Waals surface area contributed by atoms with E-state index < -0.39 is 205 Å². The lowest BCUT2D eigenvalue weighted by molar-refractivity contribution is -0.410. The van der Waals surface area contributed by atoms with Crippen LogP contribution in [0.2, 0.25) is 0 Å². The number of hydrogen-bond acceptors (Lipinski definition) is 29. The van der Waals surface area contributed by atoms with Crippen molar-refractivity contribution in [2.75, 3.05) is 39.6 Å². The molecule has 0 radical (unpaired) electrons. The van der Waals surface area contributed by atoms with Gasteiger partial charge in [0.15, 0.2) is 37.2 Å². The Kier molecular flexibility index (Phi) is 19.5. The van der Waals surface area contributed by atoms with Crippen molar-refractivity contribution in [2.24, 2.45) is 52.3 Å². The van der Waals surface area contributed by atoms with Gasteiger partial charge in [-0.2, -0.15) is 0 Å². The van der Waals surface area contributed by atoms with E-state index >= 15 is 0 Å². The molecule has 38 atom stereocenters. The van der Waals surface area contributed by atoms with Crippen molar-refractivity contribution in [3.8, 4) is 0 Å². The van der Waals surface area contributed by atoms with Gasteiger partial charge in [0, 0.05) is 18.3 Å². The van der Waals surface area contributed by atoms with E-state index in [9.17, 15) is 86.8 Å². The molecule has 490 valence electrons. The highest BCUT2D eigenvalue weighted by atomic mass is 16.8. The third-order valence-electron chi connectivity index (χ3n) is 22.2. The van der Waals surface area contributed by atoms with Gasteiger partial charge in [0.25, 0.3) is 0 Å². The van der Waals surface area contributed by atoms with E-state index in [1.165, 1.54) is 0 Å². The lowest BCUT2D eigenvalue weighted by Gasteiger charge is -2.62. The summed E-state index contributed by atoms with van der Waals surface area (Å²) in [6.45, 7) is 5.21. The van der Waals surface area contributed by atoms with Crippen molar-refractivity contribution in [1.29, 1.82) is 0 Å². The van der Waals surface area contributed by atoms with Crippen LogP contribution in [-0.2, 0) is 56.8 Å². The molecular formula is C56H92O29. The number of hydrogen-bond donors (Lipinski definition) is 17. The minimum absolute atomic E-state index is 0.00749. The van der Waals surface area contributed by atoms with Crippen LogP contribution in [0, 0.1) is 52.3 Å². The summed E-state index contributed by atoms with van der Waals surface area (Å²) in [5.74, 6) is 0.388. The number of aliphatic hydroxyl groups excluding tert-OH is 17. The molecule has 0 amide bonds. The maximum absolute atomic E-state index is 12.3. The molecule has 4 saturated carbocycles. The van der Waals surface area contributed by atoms with Gasteiger partial charge < -0.3 is 144 Å². The van der Waals surface area contributed by atoms with Gasteiger partial charge in [-0.25, -0.2) is 0 Å². The number of aliphatic hydroxyl groups is 17. The predicted molar refractivity (Wildman–Crippen MR) is 278 cm³/mol. The highest BCUT2D eigenvalue weighted by Crippen LogP contribution is 2.71. The van der Waals surface area contributed by atoms with Crippen LogP contribution in [0.4, 0.5) is 0 Å². The van der Waals surface area contributed by atoms with Gasteiger partial charge in [0.1, 0.15) is 116 Å². The first kappa shape index (κ1) is 65.3. The summed E-state index contributed by atoms with van der Waals surface area (Å²) in [6, 6.07) is 0. The molecule has 1 spiro atoms. The second-order valence-corrected chi connectivity index (χ2v) is 26.9. The van der Waals surface area contributed by atoms with Crippen LogP contribution in [0.3, 0.4) is 0 Å². The second kappa shape index (κ2) is 25.4. The van der Waals surface area contributed by atoms with E-state index in [2.05, 4.69) is 27.7 Å². The van der Waals surface area contributed by atoms with E-state index in [-0.39, 0.29) is 52.4 Å². The van der Waals surface area contributed by atoms with E-state index in [4.69, 9.17) is 56.8 Å². The molecule has 85 heavy (non-hydrogen) atoms. The molecule has 4 aliphatic carbocycles. The zero-order valence-electron chi connectivity index (χ0n) is 48.1. The Morgan fingerprint density at radius 2 is 1.01 bits per heavy atom.